The minimum Gasteiger partial charge on any atom is -0.319 e. The van der Waals surface area contributed by atoms with Crippen molar-refractivity contribution in [2.75, 3.05) is 5.32 Å². The van der Waals surface area contributed by atoms with E-state index in [4.69, 9.17) is 11.6 Å². The molecule has 4 nitrogen and oxygen atoms in total. The van der Waals surface area contributed by atoms with E-state index >= 15 is 0 Å². The van der Waals surface area contributed by atoms with Gasteiger partial charge in [0.2, 0.25) is 0 Å². The van der Waals surface area contributed by atoms with Gasteiger partial charge in [-0.2, -0.15) is 0 Å². The molecule has 2 heterocycles. The molecular formula is C24H19ClN2O2. The third-order valence-corrected chi connectivity index (χ3v) is 5.15. The van der Waals surface area contributed by atoms with E-state index in [-0.39, 0.29) is 0 Å². The van der Waals surface area contributed by atoms with E-state index in [0.29, 0.717) is 22.0 Å². The first-order valence-corrected chi connectivity index (χ1v) is 9.61. The van der Waals surface area contributed by atoms with Crippen LogP contribution in [0.5, 0.6) is 0 Å². The summed E-state index contributed by atoms with van der Waals surface area (Å²) in [6.07, 6.45) is 1.78. The van der Waals surface area contributed by atoms with E-state index in [2.05, 4.69) is 5.32 Å². The summed E-state index contributed by atoms with van der Waals surface area (Å²) in [6, 6.07) is 20.5. The fourth-order valence-corrected chi connectivity index (χ4v) is 3.49. The smallest absolute Gasteiger partial charge is 0.298 e. The van der Waals surface area contributed by atoms with E-state index < -0.39 is 11.7 Å². The molecule has 5 heteroatoms. The minimum absolute atomic E-state index is 0.325. The van der Waals surface area contributed by atoms with Crippen LogP contribution in [0.3, 0.4) is 0 Å². The lowest BCUT2D eigenvalue weighted by atomic mass is 10.0. The van der Waals surface area contributed by atoms with Gasteiger partial charge >= 0.3 is 0 Å². The molecule has 1 N–H and O–H groups in total. The number of carbonyl (C=O) groups excluding carboxylic acids is 2. The molecule has 0 bridgehead atoms. The van der Waals surface area contributed by atoms with Gasteiger partial charge in [0, 0.05) is 28.0 Å². The number of halogens is 1. The molecule has 0 saturated carbocycles. The number of nitrogens with zero attached hydrogens (tertiary/aromatic N) is 1. The Hall–Kier alpha value is -3.37. The number of pyridine rings is 1. The summed E-state index contributed by atoms with van der Waals surface area (Å²) in [7, 11) is 0. The molecule has 144 valence electrons. The second-order valence-corrected chi connectivity index (χ2v) is 7.45. The van der Waals surface area contributed by atoms with Crippen LogP contribution in [-0.2, 0) is 4.79 Å². The van der Waals surface area contributed by atoms with Crippen molar-refractivity contribution in [3.8, 4) is 11.1 Å². The van der Waals surface area contributed by atoms with Crippen molar-refractivity contribution < 1.29 is 9.59 Å². The summed E-state index contributed by atoms with van der Waals surface area (Å²) in [5, 5.41) is 3.38. The highest BCUT2D eigenvalue weighted by Crippen LogP contribution is 2.29. The standard InChI is InChI=1S/C24H19ClN2O2/c1-15-6-7-16(2)21(13-15)26-24(29)23(28)22-20(17-8-10-18(25)11-9-17)14-19-5-3-4-12-27(19)22/h3-14H,1-2H3,(H,26,29). The Morgan fingerprint density at radius 2 is 1.69 bits per heavy atom. The Labute approximate surface area is 173 Å². The normalized spacial score (nSPS) is 10.9. The maximum absolute atomic E-state index is 13.2. The van der Waals surface area contributed by atoms with Gasteiger partial charge in [-0.15, -0.1) is 0 Å². The Morgan fingerprint density at radius 1 is 0.931 bits per heavy atom. The molecule has 0 atom stereocenters. The molecule has 0 aliphatic carbocycles. The molecular weight excluding hydrogens is 384 g/mol. The van der Waals surface area contributed by atoms with Crippen LogP contribution in [0.1, 0.15) is 21.6 Å². The van der Waals surface area contributed by atoms with Gasteiger partial charge in [0.15, 0.2) is 0 Å². The predicted octanol–water partition coefficient (Wildman–Crippen LogP) is 5.70. The highest BCUT2D eigenvalue weighted by atomic mass is 35.5. The third kappa shape index (κ3) is 3.67. The van der Waals surface area contributed by atoms with Crippen LogP contribution in [0.25, 0.3) is 16.6 Å². The molecule has 2 aromatic heterocycles. The number of ketones is 1. The van der Waals surface area contributed by atoms with Gasteiger partial charge in [0.1, 0.15) is 5.69 Å². The SMILES string of the molecule is Cc1ccc(C)c(NC(=O)C(=O)c2c(-c3ccc(Cl)cc3)cc3ccccn23)c1. The van der Waals surface area contributed by atoms with E-state index in [1.807, 2.05) is 68.4 Å². The summed E-state index contributed by atoms with van der Waals surface area (Å²) in [6.45, 7) is 3.83. The number of nitrogens with one attached hydrogen (secondary N) is 1. The summed E-state index contributed by atoms with van der Waals surface area (Å²) in [5.74, 6) is -1.26. The zero-order valence-corrected chi connectivity index (χ0v) is 16.8. The van der Waals surface area contributed by atoms with E-state index in [0.717, 1.165) is 22.2 Å². The van der Waals surface area contributed by atoms with Crippen molar-refractivity contribution in [3.63, 3.8) is 0 Å². The lowest BCUT2D eigenvalue weighted by Gasteiger charge is -2.10. The quantitative estimate of drug-likeness (QED) is 0.351. The molecule has 4 rings (SSSR count). The second kappa shape index (κ2) is 7.57. The van der Waals surface area contributed by atoms with Crippen molar-refractivity contribution in [1.82, 2.24) is 4.40 Å². The summed E-state index contributed by atoms with van der Waals surface area (Å²) in [5.41, 5.74) is 5.21. The van der Waals surface area contributed by atoms with E-state index in [1.54, 1.807) is 22.7 Å². The topological polar surface area (TPSA) is 50.6 Å². The average Bonchev–Trinajstić information content (AvgIpc) is 3.10. The molecule has 2 aromatic carbocycles. The number of anilines is 1. The number of carbonyl (C=O) groups is 2. The maximum atomic E-state index is 13.2. The van der Waals surface area contributed by atoms with Gasteiger partial charge in [-0.05, 0) is 66.9 Å². The fourth-order valence-electron chi connectivity index (χ4n) is 3.36. The molecule has 0 spiro atoms. The zero-order chi connectivity index (χ0) is 20.5. The Kier molecular flexibility index (Phi) is 4.95. The Morgan fingerprint density at radius 3 is 2.45 bits per heavy atom. The molecule has 1 amide bonds. The fraction of sp³-hybridized carbons (Fsp3) is 0.0833. The number of aromatic nitrogens is 1. The average molecular weight is 403 g/mol. The molecule has 0 fully saturated rings. The molecule has 0 aliphatic heterocycles. The van der Waals surface area contributed by atoms with Crippen LogP contribution in [0.15, 0.2) is 72.9 Å². The summed E-state index contributed by atoms with van der Waals surface area (Å²) < 4.78 is 1.74. The highest BCUT2D eigenvalue weighted by molar-refractivity contribution is 6.47. The first kappa shape index (κ1) is 19.0. The lowest BCUT2D eigenvalue weighted by molar-refractivity contribution is -0.112. The molecule has 0 aliphatic rings. The van der Waals surface area contributed by atoms with Crippen molar-refractivity contribution in [3.05, 3.63) is 94.8 Å². The molecule has 0 unspecified atom stereocenters. The Bertz CT molecular complexity index is 1240. The number of benzene rings is 2. The summed E-state index contributed by atoms with van der Waals surface area (Å²) >= 11 is 6.01. The van der Waals surface area contributed by atoms with Crippen LogP contribution in [0.2, 0.25) is 5.02 Å². The van der Waals surface area contributed by atoms with Gasteiger partial charge < -0.3 is 9.72 Å². The molecule has 0 radical (unpaired) electrons. The van der Waals surface area contributed by atoms with Crippen LogP contribution < -0.4 is 5.32 Å². The minimum atomic E-state index is -0.669. The number of hydrogen-bond acceptors (Lipinski definition) is 2. The number of hydrogen-bond donors (Lipinski definition) is 1. The number of aryl methyl sites for hydroxylation is 2. The number of Topliss-reactive ketones (excluding diaryl/α,β-unsaturated/α-hetero) is 1. The van der Waals surface area contributed by atoms with Gasteiger partial charge in [-0.3, -0.25) is 9.59 Å². The van der Waals surface area contributed by atoms with Gasteiger partial charge in [0.05, 0.1) is 0 Å². The summed E-state index contributed by atoms with van der Waals surface area (Å²) in [4.78, 5) is 26.1. The van der Waals surface area contributed by atoms with Gasteiger partial charge in [-0.1, -0.05) is 41.9 Å². The first-order chi connectivity index (χ1) is 13.9. The van der Waals surface area contributed by atoms with Crippen LogP contribution in [0, 0.1) is 13.8 Å². The van der Waals surface area contributed by atoms with E-state index in [1.165, 1.54) is 0 Å². The number of amides is 1. The van der Waals surface area contributed by atoms with Crippen molar-refractivity contribution in [2.45, 2.75) is 13.8 Å². The van der Waals surface area contributed by atoms with Crippen molar-refractivity contribution in [1.29, 1.82) is 0 Å². The monoisotopic (exact) mass is 402 g/mol. The van der Waals surface area contributed by atoms with Crippen LogP contribution >= 0.6 is 11.6 Å². The van der Waals surface area contributed by atoms with Gasteiger partial charge in [0.25, 0.3) is 11.7 Å². The Balaban J connectivity index is 1.78. The molecule has 0 saturated heterocycles. The van der Waals surface area contributed by atoms with E-state index in [9.17, 15) is 9.59 Å². The first-order valence-electron chi connectivity index (χ1n) is 9.23. The largest absolute Gasteiger partial charge is 0.319 e. The second-order valence-electron chi connectivity index (χ2n) is 7.01. The predicted molar refractivity (Wildman–Crippen MR) is 117 cm³/mol. The maximum Gasteiger partial charge on any atom is 0.298 e. The zero-order valence-electron chi connectivity index (χ0n) is 16.1. The number of rotatable bonds is 4. The van der Waals surface area contributed by atoms with Crippen molar-refractivity contribution >= 4 is 34.5 Å². The third-order valence-electron chi connectivity index (χ3n) is 4.90. The highest BCUT2D eigenvalue weighted by Gasteiger charge is 2.25. The van der Waals surface area contributed by atoms with Gasteiger partial charge in [-0.25, -0.2) is 0 Å². The lowest BCUT2D eigenvalue weighted by Crippen LogP contribution is -2.25. The van der Waals surface area contributed by atoms with Crippen molar-refractivity contribution in [2.24, 2.45) is 0 Å². The van der Waals surface area contributed by atoms with Crippen LogP contribution in [-0.4, -0.2) is 16.1 Å². The molecule has 29 heavy (non-hydrogen) atoms. The number of fused-ring (bicyclic) bond motifs is 1. The van der Waals surface area contributed by atoms with Crippen LogP contribution in [0.4, 0.5) is 5.69 Å². The molecule has 4 aromatic rings.